The molecule has 22 heavy (non-hydrogen) atoms. The van der Waals surface area contributed by atoms with Crippen LogP contribution in [-0.2, 0) is 27.5 Å². The van der Waals surface area contributed by atoms with E-state index in [0.717, 1.165) is 18.5 Å². The van der Waals surface area contributed by atoms with E-state index >= 15 is 0 Å². The predicted molar refractivity (Wildman–Crippen MR) is 91.2 cm³/mol. The Morgan fingerprint density at radius 2 is 2.09 bits per heavy atom. The van der Waals surface area contributed by atoms with E-state index in [1.807, 2.05) is 12.1 Å². The minimum atomic E-state index is -2.87. The summed E-state index contributed by atoms with van der Waals surface area (Å²) in [5, 5.41) is 3.08. The Kier molecular flexibility index (Phi) is 4.78. The number of thioether (sulfide) groups is 1. The second-order valence-electron chi connectivity index (χ2n) is 6.03. The minimum absolute atomic E-state index is 0.0340. The molecule has 0 bridgehead atoms. The molecule has 1 fully saturated rings. The van der Waals surface area contributed by atoms with Crippen LogP contribution in [0.25, 0.3) is 0 Å². The molecule has 1 aliphatic carbocycles. The topological polar surface area (TPSA) is 63.2 Å². The highest BCUT2D eigenvalue weighted by Crippen LogP contribution is 2.28. The summed E-state index contributed by atoms with van der Waals surface area (Å²) in [5.74, 6) is 0.766. The third-order valence-corrected chi connectivity index (χ3v) is 7.59. The fourth-order valence-electron chi connectivity index (χ4n) is 3.17. The van der Waals surface area contributed by atoms with Crippen LogP contribution in [0.15, 0.2) is 18.2 Å². The Balaban J connectivity index is 1.56. The Labute approximate surface area is 136 Å². The Morgan fingerprint density at radius 3 is 2.86 bits per heavy atom. The van der Waals surface area contributed by atoms with Crippen molar-refractivity contribution in [1.29, 1.82) is 0 Å². The van der Waals surface area contributed by atoms with Gasteiger partial charge in [-0.2, -0.15) is 0 Å². The summed E-state index contributed by atoms with van der Waals surface area (Å²) < 4.78 is 22.8. The Bertz CT molecular complexity index is 670. The third kappa shape index (κ3) is 3.84. The second kappa shape index (κ2) is 6.62. The number of anilines is 1. The van der Waals surface area contributed by atoms with E-state index in [4.69, 9.17) is 0 Å². The molecule has 1 N–H and O–H groups in total. The number of carbonyl (C=O) groups is 1. The van der Waals surface area contributed by atoms with Gasteiger partial charge in [-0.15, -0.1) is 11.8 Å². The molecule has 0 spiro atoms. The Hall–Kier alpha value is -1.01. The summed E-state index contributed by atoms with van der Waals surface area (Å²) in [4.78, 5) is 12.1. The van der Waals surface area contributed by atoms with Crippen LogP contribution in [0.5, 0.6) is 0 Å². The maximum absolute atomic E-state index is 12.1. The molecule has 3 rings (SSSR count). The van der Waals surface area contributed by atoms with Crippen molar-refractivity contribution in [2.75, 3.05) is 22.6 Å². The van der Waals surface area contributed by atoms with Crippen LogP contribution in [0.1, 0.15) is 30.4 Å². The maximum atomic E-state index is 12.1. The van der Waals surface area contributed by atoms with Crippen molar-refractivity contribution in [2.24, 2.45) is 0 Å². The van der Waals surface area contributed by atoms with Crippen molar-refractivity contribution in [2.45, 2.75) is 37.4 Å². The molecule has 120 valence electrons. The molecule has 4 nitrogen and oxygen atoms in total. The lowest BCUT2D eigenvalue weighted by atomic mass is 9.90. The number of sulfone groups is 1. The largest absolute Gasteiger partial charge is 0.325 e. The molecule has 1 heterocycles. The lowest BCUT2D eigenvalue weighted by molar-refractivity contribution is -0.113. The molecular formula is C16H21NO3S2. The van der Waals surface area contributed by atoms with Crippen molar-refractivity contribution >= 4 is 33.2 Å². The number of carbonyl (C=O) groups excluding carboxylic acids is 1. The number of fused-ring (bicyclic) bond motifs is 1. The number of hydrogen-bond acceptors (Lipinski definition) is 4. The molecule has 1 saturated heterocycles. The first-order valence-corrected chi connectivity index (χ1v) is 10.6. The van der Waals surface area contributed by atoms with Crippen LogP contribution in [0, 0.1) is 0 Å². The lowest BCUT2D eigenvalue weighted by Gasteiger charge is -2.19. The third-order valence-electron chi connectivity index (χ3n) is 4.31. The van der Waals surface area contributed by atoms with E-state index in [2.05, 4.69) is 11.4 Å². The average molecular weight is 339 g/mol. The van der Waals surface area contributed by atoms with Gasteiger partial charge in [0.2, 0.25) is 5.91 Å². The van der Waals surface area contributed by atoms with Crippen molar-refractivity contribution in [3.8, 4) is 0 Å². The predicted octanol–water partition coefficient (Wildman–Crippen LogP) is 2.42. The van der Waals surface area contributed by atoms with E-state index in [9.17, 15) is 13.2 Å². The first-order valence-electron chi connectivity index (χ1n) is 7.76. The SMILES string of the molecule is O=C(CSC1CCS(=O)(=O)C1)Nc1cccc2c1CCCC2. The van der Waals surface area contributed by atoms with E-state index < -0.39 is 9.84 Å². The monoisotopic (exact) mass is 339 g/mol. The van der Waals surface area contributed by atoms with E-state index in [1.165, 1.54) is 35.7 Å². The number of aryl methyl sites for hydroxylation is 1. The van der Waals surface area contributed by atoms with Gasteiger partial charge in [-0.25, -0.2) is 8.42 Å². The zero-order chi connectivity index (χ0) is 15.6. The molecule has 0 saturated carbocycles. The highest BCUT2D eigenvalue weighted by molar-refractivity contribution is 8.02. The van der Waals surface area contributed by atoms with Crippen LogP contribution in [0.4, 0.5) is 5.69 Å². The quantitative estimate of drug-likeness (QED) is 0.915. The number of rotatable bonds is 4. The standard InChI is InChI=1S/C16H21NO3S2/c18-16(10-21-13-8-9-22(19,20)11-13)17-15-7-3-5-12-4-1-2-6-14(12)15/h3,5,7,13H,1-2,4,6,8-11H2,(H,17,18). The van der Waals surface area contributed by atoms with Gasteiger partial charge in [0, 0.05) is 10.9 Å². The lowest BCUT2D eigenvalue weighted by Crippen LogP contribution is -2.19. The smallest absolute Gasteiger partial charge is 0.234 e. The molecule has 1 atom stereocenters. The summed E-state index contributed by atoms with van der Waals surface area (Å²) in [6.07, 6.45) is 5.18. The van der Waals surface area contributed by atoms with Crippen molar-refractivity contribution in [1.82, 2.24) is 0 Å². The van der Waals surface area contributed by atoms with Crippen LogP contribution in [-0.4, -0.2) is 36.8 Å². The Morgan fingerprint density at radius 1 is 1.27 bits per heavy atom. The number of hydrogen-bond donors (Lipinski definition) is 1. The van der Waals surface area contributed by atoms with Gasteiger partial charge in [-0.05, 0) is 49.3 Å². The molecule has 1 aromatic carbocycles. The van der Waals surface area contributed by atoms with Crippen LogP contribution in [0.2, 0.25) is 0 Å². The first kappa shape index (κ1) is 15.9. The molecule has 1 amide bonds. The summed E-state index contributed by atoms with van der Waals surface area (Å²) >= 11 is 1.46. The fourth-order valence-corrected chi connectivity index (χ4v) is 6.61. The summed E-state index contributed by atoms with van der Waals surface area (Å²) in [6, 6.07) is 6.10. The van der Waals surface area contributed by atoms with E-state index in [1.54, 1.807) is 0 Å². The van der Waals surface area contributed by atoms with Crippen LogP contribution >= 0.6 is 11.8 Å². The van der Waals surface area contributed by atoms with Crippen LogP contribution < -0.4 is 5.32 Å². The molecule has 2 aliphatic rings. The highest BCUT2D eigenvalue weighted by Gasteiger charge is 2.28. The number of amides is 1. The number of benzene rings is 1. The summed E-state index contributed by atoms with van der Waals surface area (Å²) in [7, 11) is -2.87. The van der Waals surface area contributed by atoms with Crippen molar-refractivity contribution in [3.63, 3.8) is 0 Å². The molecule has 1 aliphatic heterocycles. The van der Waals surface area contributed by atoms with E-state index in [0.29, 0.717) is 12.2 Å². The molecular weight excluding hydrogens is 318 g/mol. The van der Waals surface area contributed by atoms with Gasteiger partial charge in [0.25, 0.3) is 0 Å². The summed E-state index contributed by atoms with van der Waals surface area (Å²) in [5.41, 5.74) is 3.55. The van der Waals surface area contributed by atoms with Crippen molar-refractivity contribution < 1.29 is 13.2 Å². The van der Waals surface area contributed by atoms with Gasteiger partial charge in [0.15, 0.2) is 9.84 Å². The number of nitrogens with one attached hydrogen (secondary N) is 1. The summed E-state index contributed by atoms with van der Waals surface area (Å²) in [6.45, 7) is 0. The molecule has 6 heteroatoms. The fraction of sp³-hybridized carbons (Fsp3) is 0.562. The molecule has 1 unspecified atom stereocenters. The zero-order valence-corrected chi connectivity index (χ0v) is 14.1. The van der Waals surface area contributed by atoms with E-state index in [-0.39, 0.29) is 22.7 Å². The molecule has 0 aromatic heterocycles. The van der Waals surface area contributed by atoms with Gasteiger partial charge in [-0.3, -0.25) is 4.79 Å². The minimum Gasteiger partial charge on any atom is -0.325 e. The van der Waals surface area contributed by atoms with Gasteiger partial charge < -0.3 is 5.32 Å². The normalized spacial score (nSPS) is 23.0. The maximum Gasteiger partial charge on any atom is 0.234 e. The second-order valence-corrected chi connectivity index (χ2v) is 9.55. The van der Waals surface area contributed by atoms with Gasteiger partial charge in [0.05, 0.1) is 17.3 Å². The van der Waals surface area contributed by atoms with Gasteiger partial charge in [-0.1, -0.05) is 12.1 Å². The van der Waals surface area contributed by atoms with Crippen molar-refractivity contribution in [3.05, 3.63) is 29.3 Å². The first-order chi connectivity index (χ1) is 10.5. The molecule has 1 aromatic rings. The highest BCUT2D eigenvalue weighted by atomic mass is 32.2. The zero-order valence-electron chi connectivity index (χ0n) is 12.5. The molecule has 0 radical (unpaired) electrons. The van der Waals surface area contributed by atoms with Crippen LogP contribution in [0.3, 0.4) is 0 Å². The van der Waals surface area contributed by atoms with Gasteiger partial charge >= 0.3 is 0 Å². The van der Waals surface area contributed by atoms with Gasteiger partial charge in [0.1, 0.15) is 0 Å². The average Bonchev–Trinajstić information content (AvgIpc) is 2.85.